The largest absolute Gasteiger partial charge is 0.317 e. The minimum absolute atomic E-state index is 0.798. The van der Waals surface area contributed by atoms with Crippen LogP contribution in [0.4, 0.5) is 0 Å². The van der Waals surface area contributed by atoms with E-state index in [1.54, 1.807) is 0 Å². The van der Waals surface area contributed by atoms with Gasteiger partial charge in [-0.15, -0.1) is 0 Å². The second-order valence-electron chi connectivity index (χ2n) is 6.35. The molecule has 0 aromatic carbocycles. The summed E-state index contributed by atoms with van der Waals surface area (Å²) >= 11 is 0. The first-order chi connectivity index (χ1) is 8.28. The van der Waals surface area contributed by atoms with Crippen LogP contribution in [0, 0.1) is 11.8 Å². The van der Waals surface area contributed by atoms with E-state index in [9.17, 15) is 0 Å². The zero-order valence-corrected chi connectivity index (χ0v) is 11.8. The van der Waals surface area contributed by atoms with E-state index >= 15 is 0 Å². The van der Waals surface area contributed by atoms with Crippen molar-refractivity contribution < 1.29 is 0 Å². The molecule has 2 saturated carbocycles. The third kappa shape index (κ3) is 4.26. The monoisotopic (exact) mass is 238 g/mol. The topological polar surface area (TPSA) is 15.3 Å². The quantitative estimate of drug-likeness (QED) is 0.765. The molecule has 2 aliphatic carbocycles. The highest BCUT2D eigenvalue weighted by atomic mass is 15.1. The van der Waals surface area contributed by atoms with Gasteiger partial charge >= 0.3 is 0 Å². The Morgan fingerprint density at radius 1 is 1.00 bits per heavy atom. The van der Waals surface area contributed by atoms with E-state index in [2.05, 4.69) is 24.3 Å². The second-order valence-corrected chi connectivity index (χ2v) is 6.35. The van der Waals surface area contributed by atoms with Gasteiger partial charge in [-0.05, 0) is 64.6 Å². The number of hydrogen-bond donors (Lipinski definition) is 1. The molecule has 0 spiro atoms. The van der Waals surface area contributed by atoms with Gasteiger partial charge in [0.1, 0.15) is 0 Å². The first kappa shape index (κ1) is 13.4. The highest BCUT2D eigenvalue weighted by Crippen LogP contribution is 2.30. The summed E-state index contributed by atoms with van der Waals surface area (Å²) in [5.74, 6) is 2.03. The number of nitrogens with zero attached hydrogens (tertiary/aromatic N) is 1. The lowest BCUT2D eigenvalue weighted by Crippen LogP contribution is -2.35. The van der Waals surface area contributed by atoms with Crippen LogP contribution in [0.1, 0.15) is 51.4 Å². The molecule has 0 radical (unpaired) electrons. The average molecular weight is 238 g/mol. The molecule has 1 N–H and O–H groups in total. The van der Waals surface area contributed by atoms with Crippen molar-refractivity contribution in [1.82, 2.24) is 10.2 Å². The number of hydrogen-bond acceptors (Lipinski definition) is 2. The highest BCUT2D eigenvalue weighted by Gasteiger charge is 2.22. The molecule has 0 unspecified atom stereocenters. The molecular weight excluding hydrogens is 208 g/mol. The zero-order chi connectivity index (χ0) is 12.1. The van der Waals surface area contributed by atoms with E-state index in [-0.39, 0.29) is 0 Å². The summed E-state index contributed by atoms with van der Waals surface area (Å²) in [6, 6.07) is 0.798. The lowest BCUT2D eigenvalue weighted by Gasteiger charge is -2.32. The van der Waals surface area contributed by atoms with Gasteiger partial charge in [0.25, 0.3) is 0 Å². The van der Waals surface area contributed by atoms with Crippen LogP contribution in [0.25, 0.3) is 0 Å². The Bertz CT molecular complexity index is 205. The number of rotatable bonds is 6. The van der Waals surface area contributed by atoms with Crippen molar-refractivity contribution in [2.75, 3.05) is 27.2 Å². The van der Waals surface area contributed by atoms with Crippen molar-refractivity contribution in [3.8, 4) is 0 Å². The maximum Gasteiger partial charge on any atom is 0.00642 e. The Labute approximate surface area is 107 Å². The summed E-state index contributed by atoms with van der Waals surface area (Å²) in [4.78, 5) is 2.59. The van der Waals surface area contributed by atoms with Crippen LogP contribution in [-0.2, 0) is 0 Å². The normalized spacial score (nSPS) is 30.5. The van der Waals surface area contributed by atoms with Crippen LogP contribution < -0.4 is 5.32 Å². The van der Waals surface area contributed by atoms with Crippen LogP contribution in [0.2, 0.25) is 0 Å². The summed E-state index contributed by atoms with van der Waals surface area (Å²) in [5.41, 5.74) is 0. The van der Waals surface area contributed by atoms with E-state index in [0.717, 1.165) is 17.9 Å². The summed E-state index contributed by atoms with van der Waals surface area (Å²) in [5, 5.41) is 3.42. The molecule has 2 heteroatoms. The van der Waals surface area contributed by atoms with Gasteiger partial charge < -0.3 is 10.2 Å². The molecule has 2 nitrogen and oxygen atoms in total. The van der Waals surface area contributed by atoms with E-state index in [1.165, 1.54) is 64.5 Å². The zero-order valence-electron chi connectivity index (χ0n) is 11.8. The van der Waals surface area contributed by atoms with E-state index in [4.69, 9.17) is 0 Å². The summed E-state index contributed by atoms with van der Waals surface area (Å²) in [6.07, 6.45) is 11.6. The molecule has 100 valence electrons. The maximum atomic E-state index is 3.42. The molecule has 17 heavy (non-hydrogen) atoms. The Hall–Kier alpha value is -0.0800. The van der Waals surface area contributed by atoms with Gasteiger partial charge in [0.2, 0.25) is 0 Å². The highest BCUT2D eigenvalue weighted by molar-refractivity contribution is 4.78. The Kier molecular flexibility index (Phi) is 5.30. The number of nitrogens with one attached hydrogen (secondary N) is 1. The van der Waals surface area contributed by atoms with Gasteiger partial charge in [0, 0.05) is 12.6 Å². The van der Waals surface area contributed by atoms with E-state index in [0.29, 0.717) is 0 Å². The molecule has 0 aliphatic heterocycles. The lowest BCUT2D eigenvalue weighted by molar-refractivity contribution is 0.191. The van der Waals surface area contributed by atoms with Gasteiger partial charge in [-0.25, -0.2) is 0 Å². The van der Waals surface area contributed by atoms with Gasteiger partial charge in [0.15, 0.2) is 0 Å². The predicted octanol–water partition coefficient (Wildman–Crippen LogP) is 2.89. The molecule has 0 aromatic rings. The van der Waals surface area contributed by atoms with Crippen molar-refractivity contribution >= 4 is 0 Å². The van der Waals surface area contributed by atoms with Crippen LogP contribution in [0.3, 0.4) is 0 Å². The van der Waals surface area contributed by atoms with Crippen LogP contribution in [0.15, 0.2) is 0 Å². The molecule has 2 rings (SSSR count). The molecule has 2 aliphatic rings. The first-order valence-electron chi connectivity index (χ1n) is 7.63. The van der Waals surface area contributed by atoms with Gasteiger partial charge in [-0.3, -0.25) is 0 Å². The average Bonchev–Trinajstić information content (AvgIpc) is 2.28. The third-order valence-corrected chi connectivity index (χ3v) is 4.97. The smallest absolute Gasteiger partial charge is 0.00642 e. The fourth-order valence-corrected chi connectivity index (χ4v) is 3.35. The molecule has 2 fully saturated rings. The third-order valence-electron chi connectivity index (χ3n) is 4.97. The summed E-state index contributed by atoms with van der Waals surface area (Å²) in [6.45, 7) is 2.67. The molecular formula is C15H30N2. The predicted molar refractivity (Wildman–Crippen MR) is 74.3 cm³/mol. The summed E-state index contributed by atoms with van der Waals surface area (Å²) < 4.78 is 0. The molecule has 0 saturated heterocycles. The maximum absolute atomic E-state index is 3.42. The minimum Gasteiger partial charge on any atom is -0.317 e. The minimum atomic E-state index is 0.798. The molecule has 0 heterocycles. The van der Waals surface area contributed by atoms with Crippen molar-refractivity contribution in [2.45, 2.75) is 57.4 Å². The van der Waals surface area contributed by atoms with Crippen molar-refractivity contribution in [1.29, 1.82) is 0 Å². The lowest BCUT2D eigenvalue weighted by atomic mass is 9.82. The SMILES string of the molecule is CNC1CCC(CN(C)CCC2CCC2)CC1. The van der Waals surface area contributed by atoms with Crippen molar-refractivity contribution in [3.63, 3.8) is 0 Å². The Balaban J connectivity index is 1.56. The van der Waals surface area contributed by atoms with Crippen molar-refractivity contribution in [2.24, 2.45) is 11.8 Å². The molecule has 0 aromatic heterocycles. The molecule has 0 bridgehead atoms. The molecule has 0 amide bonds. The second kappa shape index (κ2) is 6.75. The Morgan fingerprint density at radius 3 is 2.24 bits per heavy atom. The fourth-order valence-electron chi connectivity index (χ4n) is 3.35. The van der Waals surface area contributed by atoms with Crippen LogP contribution in [0.5, 0.6) is 0 Å². The fraction of sp³-hybridized carbons (Fsp3) is 1.00. The summed E-state index contributed by atoms with van der Waals surface area (Å²) in [7, 11) is 4.43. The standard InChI is InChI=1S/C15H30N2/c1-16-15-8-6-14(7-9-15)12-17(2)11-10-13-4-3-5-13/h13-16H,3-12H2,1-2H3. The van der Waals surface area contributed by atoms with Gasteiger partial charge in [0.05, 0.1) is 0 Å². The Morgan fingerprint density at radius 2 is 1.71 bits per heavy atom. The van der Waals surface area contributed by atoms with E-state index < -0.39 is 0 Å². The molecule has 0 atom stereocenters. The van der Waals surface area contributed by atoms with Crippen molar-refractivity contribution in [3.05, 3.63) is 0 Å². The van der Waals surface area contributed by atoms with E-state index in [1.807, 2.05) is 0 Å². The van der Waals surface area contributed by atoms with Crippen LogP contribution >= 0.6 is 0 Å². The van der Waals surface area contributed by atoms with Gasteiger partial charge in [-0.2, -0.15) is 0 Å². The van der Waals surface area contributed by atoms with Crippen LogP contribution in [-0.4, -0.2) is 38.1 Å². The van der Waals surface area contributed by atoms with Gasteiger partial charge in [-0.1, -0.05) is 19.3 Å². The first-order valence-corrected chi connectivity index (χ1v) is 7.63.